The average Bonchev–Trinajstić information content (AvgIpc) is 3.15. The highest BCUT2D eigenvalue weighted by Gasteiger charge is 2.13. The summed E-state index contributed by atoms with van der Waals surface area (Å²) in [7, 11) is 0. The topological polar surface area (TPSA) is 80.9 Å². The van der Waals surface area contributed by atoms with Crippen molar-refractivity contribution < 1.29 is 9.90 Å². The number of rotatable bonds is 8. The number of hydrogen-bond acceptors (Lipinski definition) is 4. The maximum Gasteiger partial charge on any atom is 0.337 e. The van der Waals surface area contributed by atoms with Crippen LogP contribution in [0.2, 0.25) is 0 Å². The molecule has 0 unspecified atom stereocenters. The summed E-state index contributed by atoms with van der Waals surface area (Å²) in [6, 6.07) is 15.3. The molecule has 3 aromatic heterocycles. The predicted octanol–water partition coefficient (Wildman–Crippen LogP) is 5.44. The summed E-state index contributed by atoms with van der Waals surface area (Å²) in [4.78, 5) is 24.6. The van der Waals surface area contributed by atoms with E-state index < -0.39 is 5.97 Å². The zero-order valence-electron chi connectivity index (χ0n) is 17.0. The number of hydrogen-bond donors (Lipinski definition) is 1. The Morgan fingerprint density at radius 2 is 1.70 bits per heavy atom. The lowest BCUT2D eigenvalue weighted by molar-refractivity contribution is 0.0696. The van der Waals surface area contributed by atoms with E-state index in [4.69, 9.17) is 10.1 Å². The molecule has 4 aromatic rings. The third kappa shape index (κ3) is 4.08. The molecule has 0 spiro atoms. The van der Waals surface area contributed by atoms with Crippen LogP contribution in [-0.2, 0) is 6.54 Å². The smallest absolute Gasteiger partial charge is 0.337 e. The van der Waals surface area contributed by atoms with Crippen LogP contribution in [0.15, 0.2) is 60.9 Å². The van der Waals surface area contributed by atoms with Gasteiger partial charge in [-0.3, -0.25) is 9.97 Å². The van der Waals surface area contributed by atoms with Crippen LogP contribution >= 0.6 is 0 Å². The van der Waals surface area contributed by atoms with E-state index in [0.717, 1.165) is 35.4 Å². The lowest BCUT2D eigenvalue weighted by atomic mass is 10.1. The zero-order chi connectivity index (χ0) is 20.9. The molecule has 3 heterocycles. The number of unbranched alkanes of at least 4 members (excludes halogenated alkanes) is 3. The lowest BCUT2D eigenvalue weighted by Gasteiger charge is -2.10. The summed E-state index contributed by atoms with van der Waals surface area (Å²) in [6.07, 6.45) is 7.94. The Kier molecular flexibility index (Phi) is 5.84. The van der Waals surface area contributed by atoms with Crippen molar-refractivity contribution in [2.45, 2.75) is 39.2 Å². The SMILES string of the molecule is CCCCCCn1c(-c2ccc(-c3ccc(C(=O)O)cn3)nc2)nc2ccccc21. The zero-order valence-corrected chi connectivity index (χ0v) is 17.0. The van der Waals surface area contributed by atoms with Crippen LogP contribution in [0.4, 0.5) is 0 Å². The van der Waals surface area contributed by atoms with Crippen LogP contribution in [0, 0.1) is 0 Å². The molecule has 6 nitrogen and oxygen atoms in total. The number of carboxylic acid groups (broad SMARTS) is 1. The Balaban J connectivity index is 1.64. The van der Waals surface area contributed by atoms with E-state index in [2.05, 4.69) is 27.5 Å². The summed E-state index contributed by atoms with van der Waals surface area (Å²) < 4.78 is 2.28. The predicted molar refractivity (Wildman–Crippen MR) is 117 cm³/mol. The second kappa shape index (κ2) is 8.86. The monoisotopic (exact) mass is 400 g/mol. The van der Waals surface area contributed by atoms with Crippen LogP contribution in [0.1, 0.15) is 43.0 Å². The van der Waals surface area contributed by atoms with E-state index >= 15 is 0 Å². The number of pyridine rings is 2. The molecule has 0 saturated carbocycles. The van der Waals surface area contributed by atoms with E-state index in [0.29, 0.717) is 11.4 Å². The van der Waals surface area contributed by atoms with Gasteiger partial charge in [-0.15, -0.1) is 0 Å². The third-order valence-corrected chi connectivity index (χ3v) is 5.18. The van der Waals surface area contributed by atoms with Gasteiger partial charge in [0.25, 0.3) is 0 Å². The van der Waals surface area contributed by atoms with Crippen molar-refractivity contribution in [1.82, 2.24) is 19.5 Å². The second-order valence-corrected chi connectivity index (χ2v) is 7.31. The number of imidazole rings is 1. The minimum atomic E-state index is -0.991. The van der Waals surface area contributed by atoms with Crippen molar-refractivity contribution >= 4 is 17.0 Å². The molecule has 0 atom stereocenters. The fourth-order valence-electron chi connectivity index (χ4n) is 3.57. The number of nitrogens with zero attached hydrogens (tertiary/aromatic N) is 4. The molecule has 1 aromatic carbocycles. The molecule has 0 bridgehead atoms. The van der Waals surface area contributed by atoms with Crippen molar-refractivity contribution in [2.75, 3.05) is 0 Å². The Bertz CT molecular complexity index is 1150. The maximum atomic E-state index is 11.0. The van der Waals surface area contributed by atoms with E-state index in [1.54, 1.807) is 6.07 Å². The first-order valence-electron chi connectivity index (χ1n) is 10.3. The summed E-state index contributed by atoms with van der Waals surface area (Å²) in [5.74, 6) is -0.0730. The fourth-order valence-corrected chi connectivity index (χ4v) is 3.57. The highest BCUT2D eigenvalue weighted by molar-refractivity contribution is 5.87. The highest BCUT2D eigenvalue weighted by atomic mass is 16.4. The highest BCUT2D eigenvalue weighted by Crippen LogP contribution is 2.26. The summed E-state index contributed by atoms with van der Waals surface area (Å²) in [5, 5.41) is 9.02. The van der Waals surface area contributed by atoms with Crippen LogP contribution in [0.25, 0.3) is 33.8 Å². The Morgan fingerprint density at radius 3 is 2.37 bits per heavy atom. The minimum absolute atomic E-state index is 0.159. The number of aromatic carboxylic acids is 1. The summed E-state index contributed by atoms with van der Waals surface area (Å²) >= 11 is 0. The Morgan fingerprint density at radius 1 is 0.933 bits per heavy atom. The van der Waals surface area contributed by atoms with E-state index in [1.807, 2.05) is 36.5 Å². The quantitative estimate of drug-likeness (QED) is 0.398. The molecule has 4 rings (SSSR count). The first-order chi connectivity index (χ1) is 14.7. The Hall–Kier alpha value is -3.54. The molecule has 6 heteroatoms. The van der Waals surface area contributed by atoms with Crippen LogP contribution in [-0.4, -0.2) is 30.6 Å². The van der Waals surface area contributed by atoms with Crippen molar-refractivity contribution in [3.8, 4) is 22.8 Å². The van der Waals surface area contributed by atoms with Crippen molar-refractivity contribution in [2.24, 2.45) is 0 Å². The molecule has 0 fully saturated rings. The van der Waals surface area contributed by atoms with Gasteiger partial charge >= 0.3 is 5.97 Å². The molecule has 0 aliphatic heterocycles. The molecule has 152 valence electrons. The molecular formula is C24H24N4O2. The number of aromatic nitrogens is 4. The number of carboxylic acids is 1. The molecule has 0 aliphatic rings. The lowest BCUT2D eigenvalue weighted by Crippen LogP contribution is -2.01. The number of para-hydroxylation sites is 2. The van der Waals surface area contributed by atoms with Gasteiger partial charge in [0.15, 0.2) is 0 Å². The van der Waals surface area contributed by atoms with Gasteiger partial charge in [-0.05, 0) is 42.8 Å². The van der Waals surface area contributed by atoms with Crippen LogP contribution in [0.3, 0.4) is 0 Å². The summed E-state index contributed by atoms with van der Waals surface area (Å²) in [6.45, 7) is 3.14. The average molecular weight is 400 g/mol. The number of aryl methyl sites for hydroxylation is 1. The van der Waals surface area contributed by atoms with Crippen molar-refractivity contribution in [1.29, 1.82) is 0 Å². The first kappa shape index (κ1) is 19.8. The van der Waals surface area contributed by atoms with E-state index in [1.165, 1.54) is 31.5 Å². The molecule has 0 radical (unpaired) electrons. The maximum absolute atomic E-state index is 11.0. The Labute approximate surface area is 175 Å². The number of fused-ring (bicyclic) bond motifs is 1. The summed E-state index contributed by atoms with van der Waals surface area (Å²) in [5.41, 5.74) is 4.57. The number of carbonyl (C=O) groups is 1. The van der Waals surface area contributed by atoms with E-state index in [9.17, 15) is 4.79 Å². The van der Waals surface area contributed by atoms with Gasteiger partial charge in [-0.1, -0.05) is 38.3 Å². The van der Waals surface area contributed by atoms with Gasteiger partial charge in [0.2, 0.25) is 0 Å². The van der Waals surface area contributed by atoms with Crippen LogP contribution < -0.4 is 0 Å². The standard InChI is InChI=1S/C24H24N4O2/c1-2-3-4-7-14-28-22-9-6-5-8-21(22)27-23(28)17-10-12-19(25-15-17)20-13-11-18(16-26-20)24(29)30/h5-6,8-13,15-16H,2-4,7,14H2,1H3,(H,29,30). The molecule has 0 saturated heterocycles. The van der Waals surface area contributed by atoms with Gasteiger partial charge in [0.1, 0.15) is 5.82 Å². The molecular weight excluding hydrogens is 376 g/mol. The molecule has 0 aliphatic carbocycles. The second-order valence-electron chi connectivity index (χ2n) is 7.31. The van der Waals surface area contributed by atoms with Gasteiger partial charge in [-0.2, -0.15) is 0 Å². The minimum Gasteiger partial charge on any atom is -0.478 e. The van der Waals surface area contributed by atoms with E-state index in [-0.39, 0.29) is 5.56 Å². The van der Waals surface area contributed by atoms with Crippen LogP contribution in [0.5, 0.6) is 0 Å². The third-order valence-electron chi connectivity index (χ3n) is 5.18. The van der Waals surface area contributed by atoms with Gasteiger partial charge < -0.3 is 9.67 Å². The normalized spacial score (nSPS) is 11.1. The van der Waals surface area contributed by atoms with Gasteiger partial charge in [-0.25, -0.2) is 9.78 Å². The molecule has 1 N–H and O–H groups in total. The van der Waals surface area contributed by atoms with Gasteiger partial charge in [0, 0.05) is 24.5 Å². The molecule has 0 amide bonds. The molecule has 30 heavy (non-hydrogen) atoms. The fraction of sp³-hybridized carbons (Fsp3) is 0.250. The first-order valence-corrected chi connectivity index (χ1v) is 10.3. The van der Waals surface area contributed by atoms with Gasteiger partial charge in [0.05, 0.1) is 28.0 Å². The van der Waals surface area contributed by atoms with Crippen molar-refractivity contribution in [3.05, 3.63) is 66.5 Å². The van der Waals surface area contributed by atoms with Crippen molar-refractivity contribution in [3.63, 3.8) is 0 Å². The number of benzene rings is 1. The largest absolute Gasteiger partial charge is 0.478 e.